The molecule has 5 nitrogen and oxygen atoms in total. The number of fused-ring (bicyclic) bond motifs is 2. The van der Waals surface area contributed by atoms with Gasteiger partial charge in [0.15, 0.2) is 0 Å². The Morgan fingerprint density at radius 2 is 1.80 bits per heavy atom. The molecule has 1 unspecified atom stereocenters. The number of amides is 3. The highest BCUT2D eigenvalue weighted by molar-refractivity contribution is 7.17. The lowest BCUT2D eigenvalue weighted by molar-refractivity contribution is 0.102. The maximum Gasteiger partial charge on any atom is 0.320 e. The zero-order valence-corrected chi connectivity index (χ0v) is 17.0. The number of hydrogen-bond acceptors (Lipinski definition) is 3. The van der Waals surface area contributed by atoms with Crippen molar-refractivity contribution in [2.45, 2.75) is 13.0 Å². The summed E-state index contributed by atoms with van der Waals surface area (Å²) in [6.45, 7) is 2.02. The Labute approximate surface area is 177 Å². The van der Waals surface area contributed by atoms with E-state index in [1.54, 1.807) is 11.3 Å². The number of urea groups is 1. The Bertz CT molecular complexity index is 1290. The van der Waals surface area contributed by atoms with E-state index in [1.807, 2.05) is 79.0 Å². The maximum absolute atomic E-state index is 13.1. The first kappa shape index (κ1) is 18.4. The number of nitrogens with one attached hydrogen (secondary N) is 3. The van der Waals surface area contributed by atoms with Gasteiger partial charge in [-0.05, 0) is 36.2 Å². The molecule has 1 atom stereocenters. The average Bonchev–Trinajstić information content (AvgIpc) is 3.18. The fourth-order valence-corrected chi connectivity index (χ4v) is 4.88. The molecule has 0 aliphatic carbocycles. The third-order valence-corrected chi connectivity index (χ3v) is 6.36. The van der Waals surface area contributed by atoms with E-state index in [0.717, 1.165) is 26.8 Å². The zero-order chi connectivity index (χ0) is 20.7. The fourth-order valence-electron chi connectivity index (χ4n) is 3.94. The highest BCUT2D eigenvalue weighted by Gasteiger charge is 2.29. The van der Waals surface area contributed by atoms with Crippen molar-refractivity contribution in [3.05, 3.63) is 94.4 Å². The van der Waals surface area contributed by atoms with E-state index in [2.05, 4.69) is 16.0 Å². The molecule has 6 heteroatoms. The molecular weight excluding hydrogens is 394 g/mol. The summed E-state index contributed by atoms with van der Waals surface area (Å²) in [6, 6.07) is 20.8. The molecule has 0 saturated heterocycles. The van der Waals surface area contributed by atoms with Crippen LogP contribution in [-0.2, 0) is 0 Å². The third-order valence-electron chi connectivity index (χ3n) is 5.39. The Balaban J connectivity index is 1.58. The van der Waals surface area contributed by atoms with Crippen molar-refractivity contribution in [3.8, 4) is 0 Å². The molecular formula is C24H19N3O2S. The lowest BCUT2D eigenvalue weighted by Crippen LogP contribution is -2.39. The lowest BCUT2D eigenvalue weighted by Gasteiger charge is -2.30. The summed E-state index contributed by atoms with van der Waals surface area (Å²) < 4.78 is 1.07. The van der Waals surface area contributed by atoms with Gasteiger partial charge in [0.1, 0.15) is 0 Å². The van der Waals surface area contributed by atoms with E-state index in [9.17, 15) is 9.59 Å². The molecule has 148 valence electrons. The van der Waals surface area contributed by atoms with Crippen molar-refractivity contribution in [3.63, 3.8) is 0 Å². The standard InChI is InChI=1S/C24H19N3O2S/c1-14-7-2-3-8-15(14)22-21-18(10-6-11-19(21)26-24(29)27-22)25-23(28)17-13-30-20-12-5-4-9-16(17)20/h2-13,22H,1H3,(H,25,28)(H2,26,27,29). The van der Waals surface area contributed by atoms with Gasteiger partial charge in [0.05, 0.1) is 17.3 Å². The second kappa shape index (κ2) is 7.31. The number of rotatable bonds is 3. The van der Waals surface area contributed by atoms with Crippen LogP contribution in [0.5, 0.6) is 0 Å². The molecule has 3 N–H and O–H groups in total. The highest BCUT2D eigenvalue weighted by atomic mass is 32.1. The Morgan fingerprint density at radius 1 is 1.00 bits per heavy atom. The third kappa shape index (κ3) is 3.11. The quantitative estimate of drug-likeness (QED) is 0.404. The molecule has 3 aromatic carbocycles. The first-order valence-electron chi connectivity index (χ1n) is 9.65. The summed E-state index contributed by atoms with van der Waals surface area (Å²) in [4.78, 5) is 25.4. The molecule has 0 spiro atoms. The Kier molecular flexibility index (Phi) is 4.48. The summed E-state index contributed by atoms with van der Waals surface area (Å²) in [6.07, 6.45) is 0. The van der Waals surface area contributed by atoms with Crippen LogP contribution in [-0.4, -0.2) is 11.9 Å². The number of carbonyl (C=O) groups excluding carboxylic acids is 2. The van der Waals surface area contributed by atoms with Crippen molar-refractivity contribution >= 4 is 44.7 Å². The van der Waals surface area contributed by atoms with Crippen LogP contribution in [0.2, 0.25) is 0 Å². The van der Waals surface area contributed by atoms with Gasteiger partial charge in [-0.3, -0.25) is 4.79 Å². The number of hydrogen-bond donors (Lipinski definition) is 3. The van der Waals surface area contributed by atoms with Crippen molar-refractivity contribution in [2.24, 2.45) is 0 Å². The highest BCUT2D eigenvalue weighted by Crippen LogP contribution is 2.38. The average molecular weight is 414 g/mol. The molecule has 3 amide bonds. The molecule has 2 heterocycles. The van der Waals surface area contributed by atoms with Crippen LogP contribution in [0.4, 0.5) is 16.2 Å². The van der Waals surface area contributed by atoms with E-state index < -0.39 is 0 Å². The van der Waals surface area contributed by atoms with E-state index in [0.29, 0.717) is 16.9 Å². The molecule has 1 aliphatic rings. The van der Waals surface area contributed by atoms with Crippen LogP contribution in [0, 0.1) is 6.92 Å². The van der Waals surface area contributed by atoms with Gasteiger partial charge in [-0.15, -0.1) is 11.3 Å². The van der Waals surface area contributed by atoms with Crippen molar-refractivity contribution in [2.75, 3.05) is 10.6 Å². The molecule has 1 aliphatic heterocycles. The smallest absolute Gasteiger partial charge is 0.320 e. The largest absolute Gasteiger partial charge is 0.327 e. The number of aryl methyl sites for hydroxylation is 1. The summed E-state index contributed by atoms with van der Waals surface area (Å²) in [7, 11) is 0. The van der Waals surface area contributed by atoms with Crippen molar-refractivity contribution < 1.29 is 9.59 Å². The second-order valence-electron chi connectivity index (χ2n) is 7.25. The van der Waals surface area contributed by atoms with Crippen molar-refractivity contribution in [1.29, 1.82) is 0 Å². The van der Waals surface area contributed by atoms with Gasteiger partial charge in [0, 0.05) is 26.7 Å². The minimum absolute atomic E-state index is 0.165. The molecule has 30 heavy (non-hydrogen) atoms. The summed E-state index contributed by atoms with van der Waals surface area (Å²) in [5, 5.41) is 11.8. The topological polar surface area (TPSA) is 70.2 Å². The first-order valence-corrected chi connectivity index (χ1v) is 10.5. The first-order chi connectivity index (χ1) is 14.6. The van der Waals surface area contributed by atoms with Gasteiger partial charge in [-0.1, -0.05) is 48.5 Å². The molecule has 0 saturated carbocycles. The van der Waals surface area contributed by atoms with Crippen molar-refractivity contribution in [1.82, 2.24) is 5.32 Å². The zero-order valence-electron chi connectivity index (χ0n) is 16.2. The molecule has 1 aromatic heterocycles. The minimum Gasteiger partial charge on any atom is -0.327 e. The van der Waals surface area contributed by atoms with Crippen LogP contribution in [0.25, 0.3) is 10.1 Å². The molecule has 0 fully saturated rings. The van der Waals surface area contributed by atoms with E-state index in [-0.39, 0.29) is 18.0 Å². The molecule has 4 aromatic rings. The Hall–Kier alpha value is -3.64. The minimum atomic E-state index is -0.356. The summed E-state index contributed by atoms with van der Waals surface area (Å²) in [5.74, 6) is -0.165. The summed E-state index contributed by atoms with van der Waals surface area (Å²) >= 11 is 1.55. The molecule has 0 radical (unpaired) electrons. The predicted molar refractivity (Wildman–Crippen MR) is 121 cm³/mol. The van der Waals surface area contributed by atoms with Crippen LogP contribution < -0.4 is 16.0 Å². The monoisotopic (exact) mass is 413 g/mol. The van der Waals surface area contributed by atoms with Crippen LogP contribution >= 0.6 is 11.3 Å². The normalized spacial score (nSPS) is 15.2. The van der Waals surface area contributed by atoms with Crippen LogP contribution in [0.1, 0.15) is 33.1 Å². The van der Waals surface area contributed by atoms with Gasteiger partial charge in [0.2, 0.25) is 0 Å². The SMILES string of the molecule is Cc1ccccc1C1NC(=O)Nc2cccc(NC(=O)c3csc4ccccc34)c21. The maximum atomic E-state index is 13.1. The number of carbonyl (C=O) groups is 2. The number of thiophene rings is 1. The van der Waals surface area contributed by atoms with Gasteiger partial charge in [-0.25, -0.2) is 4.79 Å². The van der Waals surface area contributed by atoms with Gasteiger partial charge >= 0.3 is 6.03 Å². The lowest BCUT2D eigenvalue weighted by atomic mass is 9.91. The fraction of sp³-hybridized carbons (Fsp3) is 0.0833. The van der Waals surface area contributed by atoms with Crippen LogP contribution in [0.15, 0.2) is 72.1 Å². The summed E-state index contributed by atoms with van der Waals surface area (Å²) in [5.41, 5.74) is 4.93. The van der Waals surface area contributed by atoms with Gasteiger partial charge in [0.25, 0.3) is 5.91 Å². The molecule has 5 rings (SSSR count). The predicted octanol–water partition coefficient (Wildman–Crippen LogP) is 5.69. The van der Waals surface area contributed by atoms with E-state index in [1.165, 1.54) is 0 Å². The van der Waals surface area contributed by atoms with Crippen LogP contribution in [0.3, 0.4) is 0 Å². The molecule has 0 bridgehead atoms. The number of anilines is 2. The number of benzene rings is 3. The second-order valence-corrected chi connectivity index (χ2v) is 8.17. The van der Waals surface area contributed by atoms with Gasteiger partial charge in [-0.2, -0.15) is 0 Å². The van der Waals surface area contributed by atoms with E-state index in [4.69, 9.17) is 0 Å². The van der Waals surface area contributed by atoms with Gasteiger partial charge < -0.3 is 16.0 Å². The van der Waals surface area contributed by atoms with E-state index >= 15 is 0 Å². The Morgan fingerprint density at radius 3 is 2.67 bits per heavy atom.